The summed E-state index contributed by atoms with van der Waals surface area (Å²) < 4.78 is 7.34. The lowest BCUT2D eigenvalue weighted by atomic mass is 10.1. The van der Waals surface area contributed by atoms with Crippen LogP contribution in [0, 0.1) is 6.92 Å². The van der Waals surface area contributed by atoms with E-state index < -0.39 is 0 Å². The van der Waals surface area contributed by atoms with E-state index in [1.165, 1.54) is 25.9 Å². The number of hydrogen-bond acceptors (Lipinski definition) is 8. The number of amides is 1. The van der Waals surface area contributed by atoms with Crippen LogP contribution >= 0.6 is 0 Å². The first kappa shape index (κ1) is 26.2. The maximum atomic E-state index is 13.4. The van der Waals surface area contributed by atoms with Gasteiger partial charge in [-0.25, -0.2) is 15.0 Å². The smallest absolute Gasteiger partial charge is 0.258 e. The maximum Gasteiger partial charge on any atom is 0.258 e. The first-order valence-corrected chi connectivity index (χ1v) is 13.1. The Bertz CT molecular complexity index is 1430. The number of likely N-dealkylation sites (tertiary alicyclic amines) is 1. The molecule has 0 bridgehead atoms. The molecule has 2 aromatic carbocycles. The second kappa shape index (κ2) is 12.0. The van der Waals surface area contributed by atoms with Crippen LogP contribution < -0.4 is 20.3 Å². The number of nitrogens with zero attached hydrogens (tertiary/aromatic N) is 6. The molecule has 2 N–H and O–H groups in total. The van der Waals surface area contributed by atoms with E-state index in [4.69, 9.17) is 4.74 Å². The number of carbonyl (C=O) groups excluding carboxylic acids is 1. The molecule has 0 radical (unpaired) electrons. The summed E-state index contributed by atoms with van der Waals surface area (Å²) in [5, 5.41) is 6.72. The largest absolute Gasteiger partial charge is 0.497 e. The molecule has 0 aliphatic carbocycles. The molecule has 5 rings (SSSR count). The molecule has 1 saturated heterocycles. The molecule has 3 heterocycles. The molecule has 202 valence electrons. The van der Waals surface area contributed by atoms with Gasteiger partial charge in [0.05, 0.1) is 7.11 Å². The topological polar surface area (TPSA) is 100 Å². The maximum absolute atomic E-state index is 13.4. The Kier molecular flexibility index (Phi) is 8.02. The summed E-state index contributed by atoms with van der Waals surface area (Å²) in [6.45, 7) is 6.15. The van der Waals surface area contributed by atoms with Crippen molar-refractivity contribution in [2.75, 3.05) is 55.9 Å². The van der Waals surface area contributed by atoms with Crippen molar-refractivity contribution in [3.05, 3.63) is 78.4 Å². The molecule has 0 saturated carbocycles. The minimum Gasteiger partial charge on any atom is -0.497 e. The average molecular weight is 527 g/mol. The van der Waals surface area contributed by atoms with Crippen LogP contribution in [-0.4, -0.2) is 70.7 Å². The lowest BCUT2D eigenvalue weighted by Gasteiger charge is -2.19. The Balaban J connectivity index is 1.33. The van der Waals surface area contributed by atoms with Gasteiger partial charge < -0.3 is 25.2 Å². The molecule has 1 aliphatic heterocycles. The molecule has 1 aliphatic rings. The van der Waals surface area contributed by atoms with Crippen molar-refractivity contribution in [1.82, 2.24) is 24.4 Å². The first-order chi connectivity index (χ1) is 19.0. The van der Waals surface area contributed by atoms with Crippen molar-refractivity contribution < 1.29 is 9.53 Å². The fraction of sp³-hybridized carbons (Fsp3) is 0.310. The van der Waals surface area contributed by atoms with Gasteiger partial charge in [-0.2, -0.15) is 0 Å². The number of methoxy groups -OCH3 is 1. The van der Waals surface area contributed by atoms with Gasteiger partial charge in [0.15, 0.2) is 0 Å². The molecule has 0 atom stereocenters. The summed E-state index contributed by atoms with van der Waals surface area (Å²) in [6.07, 6.45) is 7.63. The summed E-state index contributed by atoms with van der Waals surface area (Å²) in [5.41, 5.74) is 3.06. The van der Waals surface area contributed by atoms with Crippen molar-refractivity contribution in [3.8, 4) is 11.6 Å². The number of ether oxygens (including phenoxy) is 1. The standard InChI is InChI=1S/C29H34N8O2/c1-21-7-6-8-24(15-21)35(2)28(38)22-16-23(18-25(17-22)39-3)34-29-31-10-14-37(29)27-19-26(32-20-33-27)30-9-13-36-11-4-5-12-36/h6-8,10,14-20H,4-5,9,11-13H2,1-3H3,(H,31,34)(H,30,32,33). The van der Waals surface area contributed by atoms with Gasteiger partial charge in [0, 0.05) is 61.6 Å². The first-order valence-electron chi connectivity index (χ1n) is 13.1. The zero-order valence-corrected chi connectivity index (χ0v) is 22.6. The molecule has 4 aromatic rings. The molecule has 39 heavy (non-hydrogen) atoms. The number of aromatic nitrogens is 4. The van der Waals surface area contributed by atoms with E-state index in [-0.39, 0.29) is 5.91 Å². The van der Waals surface area contributed by atoms with Gasteiger partial charge in [-0.1, -0.05) is 12.1 Å². The average Bonchev–Trinajstić information content (AvgIpc) is 3.65. The van der Waals surface area contributed by atoms with E-state index in [1.807, 2.05) is 54.1 Å². The number of nitrogens with one attached hydrogen (secondary N) is 2. The summed E-state index contributed by atoms with van der Waals surface area (Å²) in [7, 11) is 3.35. The molecular weight excluding hydrogens is 492 g/mol. The van der Waals surface area contributed by atoms with Crippen LogP contribution in [0.1, 0.15) is 28.8 Å². The zero-order chi connectivity index (χ0) is 27.2. The fourth-order valence-electron chi connectivity index (χ4n) is 4.69. The highest BCUT2D eigenvalue weighted by Gasteiger charge is 2.17. The summed E-state index contributed by atoms with van der Waals surface area (Å²) in [4.78, 5) is 30.8. The molecule has 0 unspecified atom stereocenters. The minimum atomic E-state index is -0.147. The third-order valence-electron chi connectivity index (χ3n) is 6.81. The van der Waals surface area contributed by atoms with Crippen molar-refractivity contribution >= 4 is 29.0 Å². The van der Waals surface area contributed by atoms with Crippen LogP contribution in [0.25, 0.3) is 5.82 Å². The number of imidazole rings is 1. The van der Waals surface area contributed by atoms with Gasteiger partial charge in [-0.3, -0.25) is 9.36 Å². The second-order valence-corrected chi connectivity index (χ2v) is 9.64. The number of anilines is 4. The van der Waals surface area contributed by atoms with E-state index in [9.17, 15) is 4.79 Å². The fourth-order valence-corrected chi connectivity index (χ4v) is 4.69. The van der Waals surface area contributed by atoms with Crippen LogP contribution in [0.3, 0.4) is 0 Å². The van der Waals surface area contributed by atoms with Crippen LogP contribution in [0.5, 0.6) is 5.75 Å². The predicted octanol–water partition coefficient (Wildman–Crippen LogP) is 4.51. The molecule has 1 fully saturated rings. The Morgan fingerprint density at radius 1 is 1.08 bits per heavy atom. The summed E-state index contributed by atoms with van der Waals surface area (Å²) in [6, 6.07) is 15.1. The van der Waals surface area contributed by atoms with Crippen LogP contribution in [-0.2, 0) is 0 Å². The molecule has 0 spiro atoms. The van der Waals surface area contributed by atoms with Gasteiger partial charge in [0.1, 0.15) is 23.7 Å². The quantitative estimate of drug-likeness (QED) is 0.311. The number of hydrogen-bond donors (Lipinski definition) is 2. The highest BCUT2D eigenvalue weighted by molar-refractivity contribution is 6.06. The zero-order valence-electron chi connectivity index (χ0n) is 22.6. The van der Waals surface area contributed by atoms with Crippen molar-refractivity contribution in [1.29, 1.82) is 0 Å². The predicted molar refractivity (Wildman–Crippen MR) is 154 cm³/mol. The molecule has 10 nitrogen and oxygen atoms in total. The van der Waals surface area contributed by atoms with Crippen LogP contribution in [0.4, 0.5) is 23.1 Å². The monoisotopic (exact) mass is 526 g/mol. The molecule has 2 aromatic heterocycles. The second-order valence-electron chi connectivity index (χ2n) is 9.64. The van der Waals surface area contributed by atoms with Gasteiger partial charge in [-0.05, 0) is 62.7 Å². The van der Waals surface area contributed by atoms with Crippen LogP contribution in [0.2, 0.25) is 0 Å². The Labute approximate surface area is 228 Å². The van der Waals surface area contributed by atoms with Gasteiger partial charge in [0.2, 0.25) is 5.95 Å². The summed E-state index contributed by atoms with van der Waals surface area (Å²) >= 11 is 0. The van der Waals surface area contributed by atoms with Gasteiger partial charge in [0.25, 0.3) is 5.91 Å². The van der Waals surface area contributed by atoms with Gasteiger partial charge >= 0.3 is 0 Å². The molecular formula is C29H34N8O2. The molecule has 1 amide bonds. The van der Waals surface area contributed by atoms with E-state index in [0.29, 0.717) is 28.8 Å². The van der Waals surface area contributed by atoms with Crippen molar-refractivity contribution in [3.63, 3.8) is 0 Å². The Hall–Kier alpha value is -4.44. The van der Waals surface area contributed by atoms with Crippen LogP contribution in [0.15, 0.2) is 67.3 Å². The van der Waals surface area contributed by atoms with Crippen molar-refractivity contribution in [2.45, 2.75) is 19.8 Å². The Morgan fingerprint density at radius 2 is 1.92 bits per heavy atom. The highest BCUT2D eigenvalue weighted by atomic mass is 16.5. The third kappa shape index (κ3) is 6.35. The van der Waals surface area contributed by atoms with E-state index in [2.05, 4.69) is 30.5 Å². The lowest BCUT2D eigenvalue weighted by molar-refractivity contribution is 0.0992. The Morgan fingerprint density at radius 3 is 2.72 bits per heavy atom. The highest BCUT2D eigenvalue weighted by Crippen LogP contribution is 2.27. The third-order valence-corrected chi connectivity index (χ3v) is 6.81. The van der Waals surface area contributed by atoms with E-state index in [1.54, 1.807) is 43.7 Å². The SMILES string of the molecule is COc1cc(Nc2nccn2-c2cc(NCCN3CCCC3)ncn2)cc(C(=O)N(C)c2cccc(C)c2)c1. The number of carbonyl (C=O) groups is 1. The normalized spacial score (nSPS) is 13.3. The van der Waals surface area contributed by atoms with E-state index in [0.717, 1.165) is 30.2 Å². The van der Waals surface area contributed by atoms with Gasteiger partial charge in [-0.15, -0.1) is 0 Å². The van der Waals surface area contributed by atoms with Crippen molar-refractivity contribution in [2.24, 2.45) is 0 Å². The molecule has 10 heteroatoms. The summed E-state index contributed by atoms with van der Waals surface area (Å²) in [5.74, 6) is 2.40. The van der Waals surface area contributed by atoms with E-state index >= 15 is 0 Å². The lowest BCUT2D eigenvalue weighted by Crippen LogP contribution is -2.26. The number of aryl methyl sites for hydroxylation is 1. The number of benzene rings is 2. The number of rotatable bonds is 10. The minimum absolute atomic E-state index is 0.147.